The van der Waals surface area contributed by atoms with Crippen LogP contribution >= 0.6 is 0 Å². The first-order chi connectivity index (χ1) is 4.35. The predicted molar refractivity (Wildman–Crippen MR) is 41.3 cm³/mol. The minimum atomic E-state index is 0.639. The van der Waals surface area contributed by atoms with Crippen molar-refractivity contribution in [2.45, 2.75) is 6.92 Å². The predicted octanol–water partition coefficient (Wildman–Crippen LogP) is 2.12. The van der Waals surface area contributed by atoms with Crippen molar-refractivity contribution < 1.29 is 4.79 Å². The lowest BCUT2D eigenvalue weighted by Gasteiger charge is -1.77. The van der Waals surface area contributed by atoms with E-state index >= 15 is 0 Å². The summed E-state index contributed by atoms with van der Waals surface area (Å²) in [5.41, 5.74) is 0.639. The Hall–Kier alpha value is -1.11. The summed E-state index contributed by atoms with van der Waals surface area (Å²) in [6.07, 6.45) is 4.00. The molecule has 0 radical (unpaired) electrons. The van der Waals surface area contributed by atoms with E-state index in [9.17, 15) is 4.79 Å². The van der Waals surface area contributed by atoms with Crippen LogP contribution in [-0.4, -0.2) is 6.29 Å². The van der Waals surface area contributed by atoms with Crippen LogP contribution in [-0.2, 0) is 4.79 Å². The number of hydrogen-bond acceptors (Lipinski definition) is 1. The Bertz CT molecular complexity index is 102. The molecule has 0 aliphatic heterocycles. The number of aldehydes is 1. The lowest BCUT2D eigenvalue weighted by molar-refractivity contribution is -0.104. The molecule has 0 atom stereocenters. The van der Waals surface area contributed by atoms with Crippen LogP contribution in [0.3, 0.4) is 0 Å². The highest BCUT2D eigenvalue weighted by Crippen LogP contribution is 1.85. The molecule has 0 amide bonds. The average molecular weight is 124 g/mol. The van der Waals surface area contributed by atoms with E-state index in [1.54, 1.807) is 13.0 Å². The summed E-state index contributed by atoms with van der Waals surface area (Å²) in [6.45, 7) is 11.2. The summed E-state index contributed by atoms with van der Waals surface area (Å²) in [4.78, 5) is 9.83. The number of carbonyl (C=O) groups is 1. The van der Waals surface area contributed by atoms with Gasteiger partial charge in [-0.1, -0.05) is 18.7 Å². The molecule has 50 valence electrons. The second-order valence-electron chi connectivity index (χ2n) is 1.11. The molecule has 0 saturated heterocycles. The quantitative estimate of drug-likeness (QED) is 0.238. The SMILES string of the molecule is C=C.C=C/C(C=O)=C\C. The van der Waals surface area contributed by atoms with E-state index in [4.69, 9.17) is 0 Å². The molecular formula is C8H12O. The summed E-state index contributed by atoms with van der Waals surface area (Å²) >= 11 is 0. The molecule has 0 bridgehead atoms. The van der Waals surface area contributed by atoms with Gasteiger partial charge in [0.1, 0.15) is 6.29 Å². The lowest BCUT2D eigenvalue weighted by Crippen LogP contribution is -1.72. The van der Waals surface area contributed by atoms with Crippen molar-refractivity contribution in [1.82, 2.24) is 0 Å². The number of allylic oxidation sites excluding steroid dienone is 3. The minimum Gasteiger partial charge on any atom is -0.298 e. The average Bonchev–Trinajstić information content (AvgIpc) is 1.96. The van der Waals surface area contributed by atoms with Crippen LogP contribution in [0.25, 0.3) is 0 Å². The van der Waals surface area contributed by atoms with E-state index in [0.717, 1.165) is 6.29 Å². The van der Waals surface area contributed by atoms with Gasteiger partial charge in [-0.25, -0.2) is 0 Å². The van der Waals surface area contributed by atoms with Crippen LogP contribution in [0.4, 0.5) is 0 Å². The number of carbonyl (C=O) groups excluding carboxylic acids is 1. The molecule has 0 rings (SSSR count). The molecule has 0 unspecified atom stereocenters. The molecule has 0 heterocycles. The Labute approximate surface area is 56.4 Å². The summed E-state index contributed by atoms with van der Waals surface area (Å²) in [5, 5.41) is 0. The monoisotopic (exact) mass is 124 g/mol. The van der Waals surface area contributed by atoms with Crippen LogP contribution in [0.1, 0.15) is 6.92 Å². The lowest BCUT2D eigenvalue weighted by atomic mass is 10.3. The Morgan fingerprint density at radius 2 is 1.89 bits per heavy atom. The maximum Gasteiger partial charge on any atom is 0.149 e. The van der Waals surface area contributed by atoms with E-state index in [0.29, 0.717) is 5.57 Å². The minimum absolute atomic E-state index is 0.639. The van der Waals surface area contributed by atoms with Gasteiger partial charge in [-0.05, 0) is 6.92 Å². The van der Waals surface area contributed by atoms with Gasteiger partial charge in [0.2, 0.25) is 0 Å². The van der Waals surface area contributed by atoms with Crippen molar-refractivity contribution in [3.8, 4) is 0 Å². The molecule has 0 aliphatic carbocycles. The van der Waals surface area contributed by atoms with Crippen LogP contribution in [0, 0.1) is 0 Å². The molecule has 0 aliphatic rings. The first-order valence-corrected chi connectivity index (χ1v) is 2.59. The molecule has 0 aromatic rings. The smallest absolute Gasteiger partial charge is 0.149 e. The highest BCUT2D eigenvalue weighted by Gasteiger charge is 1.77. The topological polar surface area (TPSA) is 17.1 Å². The Morgan fingerprint density at radius 1 is 1.44 bits per heavy atom. The first kappa shape index (κ1) is 10.8. The van der Waals surface area contributed by atoms with Crippen LogP contribution in [0.15, 0.2) is 37.5 Å². The Balaban J connectivity index is 0. The first-order valence-electron chi connectivity index (χ1n) is 2.59. The van der Waals surface area contributed by atoms with Gasteiger partial charge < -0.3 is 0 Å². The Morgan fingerprint density at radius 3 is 1.89 bits per heavy atom. The largest absolute Gasteiger partial charge is 0.298 e. The molecule has 0 N–H and O–H groups in total. The Kier molecular flexibility index (Phi) is 12.0. The van der Waals surface area contributed by atoms with Crippen molar-refractivity contribution in [2.75, 3.05) is 0 Å². The van der Waals surface area contributed by atoms with E-state index in [1.807, 2.05) is 0 Å². The third-order valence-corrected chi connectivity index (χ3v) is 0.705. The van der Waals surface area contributed by atoms with Gasteiger partial charge in [-0.2, -0.15) is 0 Å². The highest BCUT2D eigenvalue weighted by molar-refractivity contribution is 5.76. The molecule has 1 heteroatoms. The highest BCUT2D eigenvalue weighted by atomic mass is 16.1. The molecule has 0 spiro atoms. The van der Waals surface area contributed by atoms with E-state index in [2.05, 4.69) is 19.7 Å². The fourth-order valence-electron chi connectivity index (χ4n) is 0.234. The van der Waals surface area contributed by atoms with Crippen molar-refractivity contribution in [3.63, 3.8) is 0 Å². The zero-order chi connectivity index (χ0) is 7.70. The van der Waals surface area contributed by atoms with Gasteiger partial charge >= 0.3 is 0 Å². The molecule has 0 aromatic carbocycles. The number of rotatable bonds is 2. The van der Waals surface area contributed by atoms with E-state index in [-0.39, 0.29) is 0 Å². The van der Waals surface area contributed by atoms with Crippen LogP contribution < -0.4 is 0 Å². The maximum atomic E-state index is 9.83. The van der Waals surface area contributed by atoms with Crippen molar-refractivity contribution >= 4 is 6.29 Å². The standard InChI is InChI=1S/C6H8O.C2H4/c1-3-6(4-2)5-7;1-2/h3-5H,1H2,2H3;1-2H2/b6-4+;. The maximum absolute atomic E-state index is 9.83. The van der Waals surface area contributed by atoms with Crippen molar-refractivity contribution in [2.24, 2.45) is 0 Å². The fourth-order valence-corrected chi connectivity index (χ4v) is 0.234. The third kappa shape index (κ3) is 6.89. The van der Waals surface area contributed by atoms with Crippen molar-refractivity contribution in [3.05, 3.63) is 37.5 Å². The van der Waals surface area contributed by atoms with Gasteiger partial charge in [-0.15, -0.1) is 13.2 Å². The van der Waals surface area contributed by atoms with Gasteiger partial charge in [0.15, 0.2) is 0 Å². The van der Waals surface area contributed by atoms with E-state index in [1.165, 1.54) is 6.08 Å². The molecular weight excluding hydrogens is 112 g/mol. The van der Waals surface area contributed by atoms with Gasteiger partial charge in [0.25, 0.3) is 0 Å². The molecule has 0 saturated carbocycles. The molecule has 0 aromatic heterocycles. The van der Waals surface area contributed by atoms with Crippen LogP contribution in [0.5, 0.6) is 0 Å². The second kappa shape index (κ2) is 10.00. The van der Waals surface area contributed by atoms with Gasteiger partial charge in [0.05, 0.1) is 0 Å². The zero-order valence-electron chi connectivity index (χ0n) is 5.76. The van der Waals surface area contributed by atoms with Gasteiger partial charge in [-0.3, -0.25) is 4.79 Å². The molecule has 9 heavy (non-hydrogen) atoms. The molecule has 0 fully saturated rings. The summed E-state index contributed by atoms with van der Waals surface area (Å²) in [5.74, 6) is 0. The third-order valence-electron chi connectivity index (χ3n) is 0.705. The second-order valence-corrected chi connectivity index (χ2v) is 1.11. The van der Waals surface area contributed by atoms with Crippen LogP contribution in [0.2, 0.25) is 0 Å². The summed E-state index contributed by atoms with van der Waals surface area (Å²) in [7, 11) is 0. The zero-order valence-corrected chi connectivity index (χ0v) is 5.76. The number of hydrogen-bond donors (Lipinski definition) is 0. The van der Waals surface area contributed by atoms with Crippen molar-refractivity contribution in [1.29, 1.82) is 0 Å². The normalized spacial score (nSPS) is 8.78. The van der Waals surface area contributed by atoms with Gasteiger partial charge in [0, 0.05) is 5.57 Å². The molecule has 1 nitrogen and oxygen atoms in total. The summed E-state index contributed by atoms with van der Waals surface area (Å²) in [6, 6.07) is 0. The fraction of sp³-hybridized carbons (Fsp3) is 0.125. The summed E-state index contributed by atoms with van der Waals surface area (Å²) < 4.78 is 0. The van der Waals surface area contributed by atoms with E-state index < -0.39 is 0 Å².